The first kappa shape index (κ1) is 24.5. The van der Waals surface area contributed by atoms with Gasteiger partial charge in [0, 0.05) is 17.3 Å². The number of aromatic nitrogens is 1. The minimum Gasteiger partial charge on any atom is -0.256 e. The van der Waals surface area contributed by atoms with Crippen LogP contribution in [0.5, 0.6) is 0 Å². The highest BCUT2D eigenvalue weighted by Crippen LogP contribution is 2.42. The Kier molecular flexibility index (Phi) is 6.00. The Hall–Kier alpha value is -5.27. The molecule has 0 amide bonds. The van der Waals surface area contributed by atoms with Crippen molar-refractivity contribution in [1.82, 2.24) is 4.98 Å². The van der Waals surface area contributed by atoms with Gasteiger partial charge in [0.2, 0.25) is 0 Å². The number of hydrogen-bond acceptors (Lipinski definition) is 1. The largest absolute Gasteiger partial charge is 0.256 e. The normalized spacial score (nSPS) is 17.0. The van der Waals surface area contributed by atoms with Crippen LogP contribution in [0.3, 0.4) is 0 Å². The molecule has 1 aliphatic rings. The zero-order chi connectivity index (χ0) is 27.9. The number of allylic oxidation sites excluding steroid dienone is 6. The van der Waals surface area contributed by atoms with Gasteiger partial charge in [-0.15, -0.1) is 0 Å². The number of hydrogen-bond donors (Lipinski definition) is 0. The Labute approximate surface area is 246 Å². The van der Waals surface area contributed by atoms with Crippen LogP contribution in [0.4, 0.5) is 0 Å². The third kappa shape index (κ3) is 4.22. The quantitative estimate of drug-likeness (QED) is 0.204. The van der Waals surface area contributed by atoms with Crippen molar-refractivity contribution >= 4 is 43.5 Å². The first-order chi connectivity index (χ1) is 20.8. The molecular weight excluding hydrogens is 506 g/mol. The fourth-order valence-corrected chi connectivity index (χ4v) is 6.48. The van der Waals surface area contributed by atoms with Crippen molar-refractivity contribution in [3.8, 4) is 22.4 Å². The van der Waals surface area contributed by atoms with Gasteiger partial charge in [0.25, 0.3) is 0 Å². The topological polar surface area (TPSA) is 12.9 Å². The van der Waals surface area contributed by atoms with Crippen LogP contribution in [0.15, 0.2) is 152 Å². The third-order valence-corrected chi connectivity index (χ3v) is 8.56. The van der Waals surface area contributed by atoms with Gasteiger partial charge < -0.3 is 0 Å². The second kappa shape index (κ2) is 10.3. The summed E-state index contributed by atoms with van der Waals surface area (Å²) in [7, 11) is 0. The molecule has 0 bridgehead atoms. The zero-order valence-corrected chi connectivity index (χ0v) is 23.3. The molecule has 0 radical (unpaired) electrons. The molecule has 0 atom stereocenters. The van der Waals surface area contributed by atoms with Crippen LogP contribution in [0.1, 0.15) is 24.0 Å². The highest BCUT2D eigenvalue weighted by molar-refractivity contribution is 6.27. The highest BCUT2D eigenvalue weighted by Gasteiger charge is 2.15. The SMILES string of the molecule is C1=C\C(c2ccc3ccc4c(-c5ccc(-c6ccccc6)nc5)ccc5ccc2c3c54)=C/CC\C=C/1c1ccccc1. The molecule has 198 valence electrons. The molecular formula is C41H29N. The maximum atomic E-state index is 4.83. The lowest BCUT2D eigenvalue weighted by Crippen LogP contribution is -1.92. The van der Waals surface area contributed by atoms with E-state index >= 15 is 0 Å². The molecule has 0 spiro atoms. The van der Waals surface area contributed by atoms with Gasteiger partial charge in [-0.1, -0.05) is 140 Å². The van der Waals surface area contributed by atoms with E-state index in [1.54, 1.807) is 0 Å². The summed E-state index contributed by atoms with van der Waals surface area (Å²) in [5.74, 6) is 0. The van der Waals surface area contributed by atoms with E-state index in [9.17, 15) is 0 Å². The third-order valence-electron chi connectivity index (χ3n) is 8.56. The summed E-state index contributed by atoms with van der Waals surface area (Å²) >= 11 is 0. The van der Waals surface area contributed by atoms with Gasteiger partial charge in [0.05, 0.1) is 5.69 Å². The van der Waals surface area contributed by atoms with E-state index in [4.69, 9.17) is 4.98 Å². The first-order valence-corrected chi connectivity index (χ1v) is 14.7. The number of pyridine rings is 1. The van der Waals surface area contributed by atoms with Crippen molar-refractivity contribution in [2.24, 2.45) is 0 Å². The molecule has 1 heteroatoms. The Morgan fingerprint density at radius 3 is 1.67 bits per heavy atom. The second-order valence-corrected chi connectivity index (χ2v) is 11.0. The van der Waals surface area contributed by atoms with Gasteiger partial charge in [-0.05, 0) is 79.1 Å². The van der Waals surface area contributed by atoms with Gasteiger partial charge in [-0.3, -0.25) is 4.98 Å². The van der Waals surface area contributed by atoms with Crippen molar-refractivity contribution in [2.75, 3.05) is 0 Å². The van der Waals surface area contributed by atoms with E-state index in [1.807, 2.05) is 12.3 Å². The standard InChI is InChI=1S/C41H29N/c1-3-9-28(10-4-1)29-11-7-8-12-30(16-15-29)35-22-17-32-20-25-38-36(23-18-33-19-24-37(35)40(32)41(33)38)34-21-26-39(42-27-34)31-13-5-2-6-14-31/h1-6,9-27H,7-8H2/b16-15-,29-11+,30-12+. The molecule has 0 fully saturated rings. The molecule has 1 aliphatic carbocycles. The van der Waals surface area contributed by atoms with Crippen LogP contribution in [-0.2, 0) is 0 Å². The maximum Gasteiger partial charge on any atom is 0.0702 e. The van der Waals surface area contributed by atoms with Crippen LogP contribution in [-0.4, -0.2) is 4.98 Å². The molecule has 1 heterocycles. The monoisotopic (exact) mass is 535 g/mol. The van der Waals surface area contributed by atoms with Crippen LogP contribution >= 0.6 is 0 Å². The van der Waals surface area contributed by atoms with E-state index in [0.29, 0.717) is 0 Å². The Bertz CT molecular complexity index is 2150. The van der Waals surface area contributed by atoms with Gasteiger partial charge in [0.1, 0.15) is 0 Å². The van der Waals surface area contributed by atoms with E-state index < -0.39 is 0 Å². The van der Waals surface area contributed by atoms with Gasteiger partial charge in [-0.25, -0.2) is 0 Å². The number of benzene rings is 6. The van der Waals surface area contributed by atoms with E-state index in [-0.39, 0.29) is 0 Å². The molecule has 0 aliphatic heterocycles. The van der Waals surface area contributed by atoms with Crippen LogP contribution in [0, 0.1) is 0 Å². The second-order valence-electron chi connectivity index (χ2n) is 11.0. The molecule has 0 unspecified atom stereocenters. The molecule has 0 N–H and O–H groups in total. The molecule has 7 aromatic rings. The molecule has 1 aromatic heterocycles. The smallest absolute Gasteiger partial charge is 0.0702 e. The molecule has 42 heavy (non-hydrogen) atoms. The summed E-state index contributed by atoms with van der Waals surface area (Å²) in [6, 6.07) is 43.7. The molecule has 6 aromatic carbocycles. The average molecular weight is 536 g/mol. The minimum atomic E-state index is 0.993. The van der Waals surface area contributed by atoms with Gasteiger partial charge in [-0.2, -0.15) is 0 Å². The van der Waals surface area contributed by atoms with Crippen molar-refractivity contribution < 1.29 is 0 Å². The lowest BCUT2D eigenvalue weighted by molar-refractivity contribution is 1.05. The average Bonchev–Trinajstić information content (AvgIpc) is 3.05. The van der Waals surface area contributed by atoms with Crippen molar-refractivity contribution in [2.45, 2.75) is 12.8 Å². The first-order valence-electron chi connectivity index (χ1n) is 14.7. The Balaban J connectivity index is 1.25. The lowest BCUT2D eigenvalue weighted by atomic mass is 9.86. The Morgan fingerprint density at radius 2 is 1.00 bits per heavy atom. The number of rotatable bonds is 4. The zero-order valence-electron chi connectivity index (χ0n) is 23.3. The summed E-state index contributed by atoms with van der Waals surface area (Å²) in [6.07, 6.45) is 13.4. The van der Waals surface area contributed by atoms with Crippen LogP contribution in [0.2, 0.25) is 0 Å². The fraction of sp³-hybridized carbons (Fsp3) is 0.0488. The lowest BCUT2D eigenvalue weighted by Gasteiger charge is -2.17. The highest BCUT2D eigenvalue weighted by atomic mass is 14.7. The van der Waals surface area contributed by atoms with E-state index in [0.717, 1.165) is 29.7 Å². The fourth-order valence-electron chi connectivity index (χ4n) is 6.48. The molecule has 0 saturated carbocycles. The van der Waals surface area contributed by atoms with E-state index in [1.165, 1.54) is 60.2 Å². The van der Waals surface area contributed by atoms with Crippen molar-refractivity contribution in [3.05, 3.63) is 163 Å². The van der Waals surface area contributed by atoms with Gasteiger partial charge >= 0.3 is 0 Å². The summed E-state index contributed by atoms with van der Waals surface area (Å²) in [4.78, 5) is 4.83. The molecule has 1 nitrogen and oxygen atoms in total. The molecule has 8 rings (SSSR count). The van der Waals surface area contributed by atoms with Crippen molar-refractivity contribution in [3.63, 3.8) is 0 Å². The Morgan fingerprint density at radius 1 is 0.429 bits per heavy atom. The van der Waals surface area contributed by atoms with Crippen LogP contribution in [0.25, 0.3) is 65.8 Å². The summed E-state index contributed by atoms with van der Waals surface area (Å²) in [6.45, 7) is 0. The summed E-state index contributed by atoms with van der Waals surface area (Å²) in [5.41, 5.74) is 9.62. The van der Waals surface area contributed by atoms with Crippen LogP contribution < -0.4 is 0 Å². The molecule has 0 saturated heterocycles. The predicted octanol–water partition coefficient (Wildman–Crippen LogP) is 11.1. The van der Waals surface area contributed by atoms with Gasteiger partial charge in [0.15, 0.2) is 0 Å². The maximum absolute atomic E-state index is 4.83. The predicted molar refractivity (Wildman–Crippen MR) is 180 cm³/mol. The van der Waals surface area contributed by atoms with E-state index in [2.05, 4.69) is 140 Å². The summed E-state index contributed by atoms with van der Waals surface area (Å²) < 4.78 is 0. The van der Waals surface area contributed by atoms with Crippen molar-refractivity contribution in [1.29, 1.82) is 0 Å². The summed E-state index contributed by atoms with van der Waals surface area (Å²) in [5, 5.41) is 7.80. The number of nitrogens with zero attached hydrogens (tertiary/aromatic N) is 1. The minimum absolute atomic E-state index is 0.993.